The minimum Gasteiger partial charge on any atom is -0.373 e. The number of anilines is 1. The molecule has 0 spiro atoms. The van der Waals surface area contributed by atoms with E-state index in [4.69, 9.17) is 0 Å². The zero-order valence-electron chi connectivity index (χ0n) is 14.0. The van der Waals surface area contributed by atoms with Gasteiger partial charge in [0.25, 0.3) is 5.91 Å². The van der Waals surface area contributed by atoms with Crippen LogP contribution in [-0.4, -0.2) is 24.0 Å². The first kappa shape index (κ1) is 17.5. The maximum atomic E-state index is 12.4. The quantitative estimate of drug-likeness (QED) is 0.769. The second-order valence-corrected chi connectivity index (χ2v) is 5.57. The highest BCUT2D eigenvalue weighted by atomic mass is 16.1. The van der Waals surface area contributed by atoms with Crippen molar-refractivity contribution < 1.29 is 4.79 Å². The number of amides is 1. The van der Waals surface area contributed by atoms with Crippen molar-refractivity contribution in [3.8, 4) is 0 Å². The maximum Gasteiger partial charge on any atom is 0.251 e. The molecular formula is C17H29N3O. The summed E-state index contributed by atoms with van der Waals surface area (Å²) in [4.78, 5) is 16.9. The number of carbonyl (C=O) groups excluding carboxylic acids is 1. The molecule has 0 saturated carbocycles. The van der Waals surface area contributed by atoms with E-state index >= 15 is 0 Å². The summed E-state index contributed by atoms with van der Waals surface area (Å²) in [5.74, 6) is 1.27. The molecule has 4 nitrogen and oxygen atoms in total. The van der Waals surface area contributed by atoms with E-state index in [9.17, 15) is 4.79 Å². The molecule has 1 atom stereocenters. The lowest BCUT2D eigenvalue weighted by atomic mass is 9.95. The summed E-state index contributed by atoms with van der Waals surface area (Å²) in [6.07, 6.45) is 4.07. The molecule has 0 bridgehead atoms. The van der Waals surface area contributed by atoms with Crippen LogP contribution in [0, 0.1) is 5.92 Å². The number of pyridine rings is 1. The SMILES string of the molecule is CCCc1cc(C(=O)NC(C)C(CC)CC)cc(NC)n1. The predicted molar refractivity (Wildman–Crippen MR) is 88.8 cm³/mol. The Kier molecular flexibility index (Phi) is 7.20. The zero-order valence-corrected chi connectivity index (χ0v) is 14.0. The van der Waals surface area contributed by atoms with Crippen molar-refractivity contribution in [3.05, 3.63) is 23.4 Å². The van der Waals surface area contributed by atoms with Crippen LogP contribution in [-0.2, 0) is 6.42 Å². The van der Waals surface area contributed by atoms with E-state index in [0.29, 0.717) is 11.5 Å². The molecule has 2 N–H and O–H groups in total. The Balaban J connectivity index is 2.88. The summed E-state index contributed by atoms with van der Waals surface area (Å²) in [7, 11) is 1.83. The largest absolute Gasteiger partial charge is 0.373 e. The Morgan fingerprint density at radius 3 is 2.43 bits per heavy atom. The summed E-state index contributed by atoms with van der Waals surface area (Å²) in [5, 5.41) is 6.15. The van der Waals surface area contributed by atoms with Crippen LogP contribution in [0.3, 0.4) is 0 Å². The Hall–Kier alpha value is -1.58. The fourth-order valence-electron chi connectivity index (χ4n) is 2.63. The van der Waals surface area contributed by atoms with Gasteiger partial charge in [-0.25, -0.2) is 4.98 Å². The second-order valence-electron chi connectivity index (χ2n) is 5.57. The van der Waals surface area contributed by atoms with Crippen LogP contribution in [0.15, 0.2) is 12.1 Å². The molecule has 1 aromatic rings. The normalized spacial score (nSPS) is 12.3. The number of hydrogen-bond acceptors (Lipinski definition) is 3. The topological polar surface area (TPSA) is 54.0 Å². The third kappa shape index (κ3) is 5.03. The number of nitrogens with one attached hydrogen (secondary N) is 2. The first-order chi connectivity index (χ1) is 10.0. The van der Waals surface area contributed by atoms with Gasteiger partial charge in [-0.1, -0.05) is 40.0 Å². The number of carbonyl (C=O) groups is 1. The molecule has 1 aromatic heterocycles. The van der Waals surface area contributed by atoms with Crippen molar-refractivity contribution in [1.82, 2.24) is 10.3 Å². The minimum absolute atomic E-state index is 0.00865. The van der Waals surface area contributed by atoms with E-state index in [1.807, 2.05) is 19.2 Å². The number of aromatic nitrogens is 1. The van der Waals surface area contributed by atoms with Crippen LogP contribution < -0.4 is 10.6 Å². The molecule has 4 heteroatoms. The van der Waals surface area contributed by atoms with Gasteiger partial charge in [-0.2, -0.15) is 0 Å². The van der Waals surface area contributed by atoms with E-state index in [0.717, 1.165) is 37.2 Å². The zero-order chi connectivity index (χ0) is 15.8. The van der Waals surface area contributed by atoms with Gasteiger partial charge >= 0.3 is 0 Å². The van der Waals surface area contributed by atoms with Crippen LogP contribution in [0.1, 0.15) is 63.0 Å². The van der Waals surface area contributed by atoms with Gasteiger partial charge in [-0.05, 0) is 31.4 Å². The lowest BCUT2D eigenvalue weighted by Gasteiger charge is -2.22. The van der Waals surface area contributed by atoms with Gasteiger partial charge in [0.05, 0.1) is 0 Å². The average molecular weight is 291 g/mol. The summed E-state index contributed by atoms with van der Waals surface area (Å²) >= 11 is 0. The summed E-state index contributed by atoms with van der Waals surface area (Å²) < 4.78 is 0. The van der Waals surface area contributed by atoms with E-state index in [1.165, 1.54) is 0 Å². The first-order valence-electron chi connectivity index (χ1n) is 8.05. The van der Waals surface area contributed by atoms with Gasteiger partial charge in [0.2, 0.25) is 0 Å². The van der Waals surface area contributed by atoms with Crippen molar-refractivity contribution in [2.45, 2.75) is 59.4 Å². The van der Waals surface area contributed by atoms with Crippen molar-refractivity contribution in [3.63, 3.8) is 0 Å². The predicted octanol–water partition coefficient (Wildman–Crippen LogP) is 3.63. The standard InChI is InChI=1S/C17H29N3O/c1-6-9-15-10-14(11-16(18-5)20-15)17(21)19-12(4)13(7-2)8-3/h10-13H,6-9H2,1-5H3,(H,18,20)(H,19,21). The van der Waals surface area contributed by atoms with Crippen LogP contribution in [0.5, 0.6) is 0 Å². The van der Waals surface area contributed by atoms with E-state index in [1.54, 1.807) is 0 Å². The highest BCUT2D eigenvalue weighted by Crippen LogP contribution is 2.15. The molecule has 1 unspecified atom stereocenters. The maximum absolute atomic E-state index is 12.4. The van der Waals surface area contributed by atoms with Crippen LogP contribution in [0.4, 0.5) is 5.82 Å². The second kappa shape index (κ2) is 8.65. The molecule has 0 fully saturated rings. The van der Waals surface area contributed by atoms with Gasteiger partial charge in [0.1, 0.15) is 5.82 Å². The van der Waals surface area contributed by atoms with Crippen molar-refractivity contribution >= 4 is 11.7 Å². The molecule has 0 radical (unpaired) electrons. The Labute approximate surface area is 128 Å². The Bertz CT molecular complexity index is 455. The third-order valence-corrected chi connectivity index (χ3v) is 4.02. The fraction of sp³-hybridized carbons (Fsp3) is 0.647. The summed E-state index contributed by atoms with van der Waals surface area (Å²) in [6.45, 7) is 8.54. The molecule has 0 aliphatic carbocycles. The fourth-order valence-corrected chi connectivity index (χ4v) is 2.63. The van der Waals surface area contributed by atoms with Crippen molar-refractivity contribution in [1.29, 1.82) is 0 Å². The minimum atomic E-state index is -0.00865. The number of nitrogens with zero attached hydrogens (tertiary/aromatic N) is 1. The molecular weight excluding hydrogens is 262 g/mol. The van der Waals surface area contributed by atoms with Gasteiger partial charge in [-0.15, -0.1) is 0 Å². The van der Waals surface area contributed by atoms with Crippen molar-refractivity contribution in [2.75, 3.05) is 12.4 Å². The van der Waals surface area contributed by atoms with Gasteiger partial charge in [0.15, 0.2) is 0 Å². The molecule has 0 aliphatic rings. The highest BCUT2D eigenvalue weighted by molar-refractivity contribution is 5.95. The molecule has 1 amide bonds. The van der Waals surface area contributed by atoms with E-state index in [-0.39, 0.29) is 11.9 Å². The van der Waals surface area contributed by atoms with Crippen LogP contribution >= 0.6 is 0 Å². The number of aryl methyl sites for hydroxylation is 1. The molecule has 118 valence electrons. The Morgan fingerprint density at radius 1 is 1.24 bits per heavy atom. The number of hydrogen-bond donors (Lipinski definition) is 2. The van der Waals surface area contributed by atoms with E-state index in [2.05, 4.69) is 43.3 Å². The van der Waals surface area contributed by atoms with Crippen LogP contribution in [0.25, 0.3) is 0 Å². The lowest BCUT2D eigenvalue weighted by Crippen LogP contribution is -2.37. The first-order valence-corrected chi connectivity index (χ1v) is 8.05. The number of rotatable bonds is 8. The summed E-state index contributed by atoms with van der Waals surface area (Å²) in [6, 6.07) is 3.90. The van der Waals surface area contributed by atoms with Gasteiger partial charge in [-0.3, -0.25) is 4.79 Å². The molecule has 0 aliphatic heterocycles. The molecule has 1 rings (SSSR count). The molecule has 21 heavy (non-hydrogen) atoms. The molecule has 0 aromatic carbocycles. The highest BCUT2D eigenvalue weighted by Gasteiger charge is 2.17. The Morgan fingerprint density at radius 2 is 1.90 bits per heavy atom. The smallest absolute Gasteiger partial charge is 0.251 e. The van der Waals surface area contributed by atoms with Crippen LogP contribution in [0.2, 0.25) is 0 Å². The van der Waals surface area contributed by atoms with Gasteiger partial charge < -0.3 is 10.6 Å². The van der Waals surface area contributed by atoms with Crippen molar-refractivity contribution in [2.24, 2.45) is 5.92 Å². The lowest BCUT2D eigenvalue weighted by molar-refractivity contribution is 0.0925. The molecule has 0 saturated heterocycles. The molecule has 1 heterocycles. The monoisotopic (exact) mass is 291 g/mol. The van der Waals surface area contributed by atoms with E-state index < -0.39 is 0 Å². The van der Waals surface area contributed by atoms with Gasteiger partial charge in [0, 0.05) is 24.3 Å². The summed E-state index contributed by atoms with van der Waals surface area (Å²) in [5.41, 5.74) is 1.65. The third-order valence-electron chi connectivity index (χ3n) is 4.02. The average Bonchev–Trinajstić information content (AvgIpc) is 2.48.